The zero-order chi connectivity index (χ0) is 15.9. The Morgan fingerprint density at radius 2 is 2.36 bits per heavy atom. The minimum atomic E-state index is -0.0312. The van der Waals surface area contributed by atoms with Crippen LogP contribution in [-0.2, 0) is 9.53 Å². The lowest BCUT2D eigenvalue weighted by Crippen LogP contribution is -2.40. The van der Waals surface area contributed by atoms with Crippen LogP contribution in [0.1, 0.15) is 26.2 Å². The summed E-state index contributed by atoms with van der Waals surface area (Å²) in [7, 11) is 0. The van der Waals surface area contributed by atoms with Crippen LogP contribution in [0.25, 0.3) is 0 Å². The number of rotatable bonds is 7. The number of benzene rings is 1. The van der Waals surface area contributed by atoms with Crippen molar-refractivity contribution in [3.63, 3.8) is 0 Å². The molecule has 0 radical (unpaired) electrons. The fourth-order valence-electron chi connectivity index (χ4n) is 2.44. The maximum atomic E-state index is 12.4. The van der Waals surface area contributed by atoms with E-state index in [-0.39, 0.29) is 18.6 Å². The maximum absolute atomic E-state index is 12.4. The highest BCUT2D eigenvalue weighted by Gasteiger charge is 2.22. The first-order valence-electron chi connectivity index (χ1n) is 7.57. The Morgan fingerprint density at radius 1 is 1.55 bits per heavy atom. The third-order valence-electron chi connectivity index (χ3n) is 3.54. The van der Waals surface area contributed by atoms with E-state index in [9.17, 15) is 4.79 Å². The maximum Gasteiger partial charge on any atom is 0.260 e. The Hall–Kier alpha value is -0.780. The van der Waals surface area contributed by atoms with E-state index in [1.165, 1.54) is 0 Å². The van der Waals surface area contributed by atoms with E-state index >= 15 is 0 Å². The molecule has 122 valence electrons. The highest BCUT2D eigenvalue weighted by Crippen LogP contribution is 2.27. The first kappa shape index (κ1) is 17.6. The van der Waals surface area contributed by atoms with Gasteiger partial charge < -0.3 is 14.4 Å². The molecule has 22 heavy (non-hydrogen) atoms. The Labute approximate surface area is 144 Å². The molecule has 2 rings (SSSR count). The van der Waals surface area contributed by atoms with Crippen molar-refractivity contribution in [3.05, 3.63) is 27.7 Å². The molecule has 0 saturated carbocycles. The SMILES string of the molecule is CCCN(CC1CCCO1)C(=O)COc1ccc(Br)cc1Cl. The van der Waals surface area contributed by atoms with Gasteiger partial charge in [0.15, 0.2) is 6.61 Å². The second-order valence-electron chi connectivity index (χ2n) is 5.34. The third-order valence-corrected chi connectivity index (χ3v) is 4.33. The summed E-state index contributed by atoms with van der Waals surface area (Å²) >= 11 is 9.43. The van der Waals surface area contributed by atoms with E-state index in [2.05, 4.69) is 22.9 Å². The number of carbonyl (C=O) groups excluding carboxylic acids is 1. The lowest BCUT2D eigenvalue weighted by Gasteiger charge is -2.25. The molecule has 1 amide bonds. The Kier molecular flexibility index (Phi) is 6.99. The van der Waals surface area contributed by atoms with E-state index in [1.54, 1.807) is 12.1 Å². The van der Waals surface area contributed by atoms with Crippen LogP contribution in [0.4, 0.5) is 0 Å². The summed E-state index contributed by atoms with van der Waals surface area (Å²) in [4.78, 5) is 14.2. The second kappa shape index (κ2) is 8.75. The molecule has 0 spiro atoms. The van der Waals surface area contributed by atoms with Crippen molar-refractivity contribution >= 4 is 33.4 Å². The van der Waals surface area contributed by atoms with Crippen molar-refractivity contribution in [2.24, 2.45) is 0 Å². The molecule has 0 aliphatic carbocycles. The summed E-state index contributed by atoms with van der Waals surface area (Å²) in [6, 6.07) is 5.34. The first-order valence-corrected chi connectivity index (χ1v) is 8.74. The Bertz CT molecular complexity index is 506. The summed E-state index contributed by atoms with van der Waals surface area (Å²) in [5.74, 6) is 0.489. The van der Waals surface area contributed by atoms with Gasteiger partial charge in [-0.1, -0.05) is 34.5 Å². The van der Waals surface area contributed by atoms with Crippen LogP contribution in [0.2, 0.25) is 5.02 Å². The summed E-state index contributed by atoms with van der Waals surface area (Å²) in [5.41, 5.74) is 0. The molecule has 1 atom stereocenters. The Morgan fingerprint density at radius 3 is 3.00 bits per heavy atom. The molecule has 1 aliphatic rings. The first-order chi connectivity index (χ1) is 10.6. The fraction of sp³-hybridized carbons (Fsp3) is 0.562. The average Bonchev–Trinajstić information content (AvgIpc) is 2.98. The van der Waals surface area contributed by atoms with Crippen LogP contribution < -0.4 is 4.74 Å². The minimum Gasteiger partial charge on any atom is -0.482 e. The van der Waals surface area contributed by atoms with Gasteiger partial charge in [-0.2, -0.15) is 0 Å². The minimum absolute atomic E-state index is 0.00588. The second-order valence-corrected chi connectivity index (χ2v) is 6.66. The number of hydrogen-bond donors (Lipinski definition) is 0. The monoisotopic (exact) mass is 389 g/mol. The van der Waals surface area contributed by atoms with Gasteiger partial charge >= 0.3 is 0 Å². The standard InChI is InChI=1S/C16H21BrClNO3/c1-2-7-19(10-13-4-3-8-21-13)16(20)11-22-15-6-5-12(17)9-14(15)18/h5-6,9,13H,2-4,7-8,10-11H2,1H3. The number of ether oxygens (including phenoxy) is 2. The summed E-state index contributed by atoms with van der Waals surface area (Å²) in [6.45, 7) is 4.21. The highest BCUT2D eigenvalue weighted by atomic mass is 79.9. The van der Waals surface area contributed by atoms with E-state index in [4.69, 9.17) is 21.1 Å². The molecule has 1 heterocycles. The van der Waals surface area contributed by atoms with Crippen molar-refractivity contribution in [1.29, 1.82) is 0 Å². The van der Waals surface area contributed by atoms with Gasteiger partial charge in [0.25, 0.3) is 5.91 Å². The number of amides is 1. The van der Waals surface area contributed by atoms with Gasteiger partial charge in [-0.3, -0.25) is 4.79 Å². The number of hydrogen-bond acceptors (Lipinski definition) is 3. The number of nitrogens with zero attached hydrogens (tertiary/aromatic N) is 1. The largest absolute Gasteiger partial charge is 0.482 e. The summed E-state index contributed by atoms with van der Waals surface area (Å²) in [5, 5.41) is 0.489. The molecule has 1 unspecified atom stereocenters. The van der Waals surface area contributed by atoms with Crippen LogP contribution in [0.5, 0.6) is 5.75 Å². The van der Waals surface area contributed by atoms with Gasteiger partial charge in [0, 0.05) is 24.2 Å². The predicted octanol–water partition coefficient (Wildman–Crippen LogP) is 3.90. The molecular weight excluding hydrogens is 370 g/mol. The van der Waals surface area contributed by atoms with Crippen molar-refractivity contribution in [2.75, 3.05) is 26.3 Å². The van der Waals surface area contributed by atoms with Crippen LogP contribution in [0.15, 0.2) is 22.7 Å². The van der Waals surface area contributed by atoms with Gasteiger partial charge in [-0.05, 0) is 37.5 Å². The van der Waals surface area contributed by atoms with Crippen LogP contribution in [0, 0.1) is 0 Å². The van der Waals surface area contributed by atoms with Gasteiger partial charge in [-0.15, -0.1) is 0 Å². The lowest BCUT2D eigenvalue weighted by atomic mass is 10.2. The highest BCUT2D eigenvalue weighted by molar-refractivity contribution is 9.10. The van der Waals surface area contributed by atoms with Crippen molar-refractivity contribution in [1.82, 2.24) is 4.90 Å². The van der Waals surface area contributed by atoms with Crippen molar-refractivity contribution < 1.29 is 14.3 Å². The van der Waals surface area contributed by atoms with Crippen LogP contribution in [0.3, 0.4) is 0 Å². The molecule has 1 fully saturated rings. The number of carbonyl (C=O) groups is 1. The van der Waals surface area contributed by atoms with E-state index in [0.29, 0.717) is 17.3 Å². The zero-order valence-corrected chi connectivity index (χ0v) is 15.0. The smallest absolute Gasteiger partial charge is 0.260 e. The molecule has 1 saturated heterocycles. The van der Waals surface area contributed by atoms with Crippen molar-refractivity contribution in [3.8, 4) is 5.75 Å². The lowest BCUT2D eigenvalue weighted by molar-refractivity contribution is -0.135. The number of halogens is 2. The van der Waals surface area contributed by atoms with E-state index in [1.807, 2.05) is 11.0 Å². The van der Waals surface area contributed by atoms with E-state index in [0.717, 1.165) is 36.9 Å². The van der Waals surface area contributed by atoms with Crippen LogP contribution >= 0.6 is 27.5 Å². The topological polar surface area (TPSA) is 38.8 Å². The zero-order valence-electron chi connectivity index (χ0n) is 12.7. The average molecular weight is 391 g/mol. The van der Waals surface area contributed by atoms with Gasteiger partial charge in [0.2, 0.25) is 0 Å². The van der Waals surface area contributed by atoms with Gasteiger partial charge in [0.1, 0.15) is 5.75 Å². The molecule has 6 heteroatoms. The fourth-order valence-corrected chi connectivity index (χ4v) is 3.17. The summed E-state index contributed by atoms with van der Waals surface area (Å²) < 4.78 is 12.1. The van der Waals surface area contributed by atoms with Gasteiger partial charge in [0.05, 0.1) is 11.1 Å². The molecule has 1 aliphatic heterocycles. The molecular formula is C16H21BrClNO3. The summed E-state index contributed by atoms with van der Waals surface area (Å²) in [6.07, 6.45) is 3.17. The normalized spacial score (nSPS) is 17.5. The Balaban J connectivity index is 1.89. The molecule has 1 aromatic carbocycles. The molecule has 0 bridgehead atoms. The quantitative estimate of drug-likeness (QED) is 0.709. The van der Waals surface area contributed by atoms with Gasteiger partial charge in [-0.25, -0.2) is 0 Å². The third kappa shape index (κ3) is 5.14. The van der Waals surface area contributed by atoms with E-state index < -0.39 is 0 Å². The molecule has 1 aromatic rings. The predicted molar refractivity (Wildman–Crippen MR) is 90.5 cm³/mol. The molecule has 0 N–H and O–H groups in total. The van der Waals surface area contributed by atoms with Crippen molar-refractivity contribution in [2.45, 2.75) is 32.3 Å². The van der Waals surface area contributed by atoms with Crippen LogP contribution in [-0.4, -0.2) is 43.2 Å². The molecule has 0 aromatic heterocycles. The molecule has 4 nitrogen and oxygen atoms in total.